The van der Waals surface area contributed by atoms with Gasteiger partial charge in [0, 0.05) is 37.4 Å². The van der Waals surface area contributed by atoms with Gasteiger partial charge in [0.05, 0.1) is 6.20 Å². The van der Waals surface area contributed by atoms with Crippen molar-refractivity contribution in [3.8, 4) is 0 Å². The number of likely N-dealkylation sites (tertiary alicyclic amines) is 1. The molecule has 53 heavy (non-hydrogen) atoms. The molecule has 1 aromatic heterocycles. The van der Waals surface area contributed by atoms with Crippen molar-refractivity contribution in [3.63, 3.8) is 0 Å². The van der Waals surface area contributed by atoms with Crippen LogP contribution in [0.3, 0.4) is 0 Å². The quantitative estimate of drug-likeness (QED) is 0.213. The van der Waals surface area contributed by atoms with Crippen LogP contribution in [-0.2, 0) is 19.2 Å². The predicted molar refractivity (Wildman–Crippen MR) is 205 cm³/mol. The maximum absolute atomic E-state index is 14.6. The number of rotatable bonds is 13. The van der Waals surface area contributed by atoms with Crippen molar-refractivity contribution in [2.45, 2.75) is 169 Å². The predicted octanol–water partition coefficient (Wildman–Crippen LogP) is 5.32. The lowest BCUT2D eigenvalue weighted by Gasteiger charge is -2.38. The molecule has 0 bridgehead atoms. The number of nitrogens with zero attached hydrogens (tertiary/aromatic N) is 3. The van der Waals surface area contributed by atoms with Crippen LogP contribution >= 0.6 is 0 Å². The molecule has 0 spiro atoms. The zero-order valence-electron chi connectivity index (χ0n) is 33.6. The number of carbonyl (C=O) groups is 5. The van der Waals surface area contributed by atoms with E-state index in [-0.39, 0.29) is 59.7 Å². The highest BCUT2D eigenvalue weighted by molar-refractivity contribution is 5.98. The fraction of sp³-hybridized carbons (Fsp3) is 0.780. The molecule has 4 N–H and O–H groups in total. The van der Waals surface area contributed by atoms with Gasteiger partial charge in [-0.3, -0.25) is 29.0 Å². The number of hydrogen-bond acceptors (Lipinski definition) is 7. The Morgan fingerprint density at radius 2 is 1.53 bits per heavy atom. The van der Waals surface area contributed by atoms with Crippen LogP contribution in [0.5, 0.6) is 0 Å². The molecule has 0 radical (unpaired) electrons. The molecule has 3 aliphatic carbocycles. The minimum absolute atomic E-state index is 0.0362. The molecule has 1 saturated heterocycles. The van der Waals surface area contributed by atoms with Crippen LogP contribution in [0.4, 0.5) is 0 Å². The first-order valence-electron chi connectivity index (χ1n) is 20.2. The third-order valence-corrected chi connectivity index (χ3v) is 10.7. The van der Waals surface area contributed by atoms with E-state index in [9.17, 15) is 24.0 Å². The van der Waals surface area contributed by atoms with Gasteiger partial charge < -0.3 is 26.2 Å². The Balaban J connectivity index is 0.00000117. The monoisotopic (exact) mass is 738 g/mol. The highest BCUT2D eigenvalue weighted by Gasteiger charge is 2.52. The van der Waals surface area contributed by atoms with Gasteiger partial charge in [0.25, 0.3) is 5.91 Å². The van der Waals surface area contributed by atoms with E-state index in [0.717, 1.165) is 70.6 Å². The molecule has 1 aliphatic heterocycles. The second-order valence-electron chi connectivity index (χ2n) is 18.6. The summed E-state index contributed by atoms with van der Waals surface area (Å²) in [6.07, 6.45) is 15.4. The maximum Gasteiger partial charge on any atom is 0.272 e. The van der Waals surface area contributed by atoms with Gasteiger partial charge in [-0.2, -0.15) is 0 Å². The molecule has 6 atom stereocenters. The van der Waals surface area contributed by atoms with Crippen LogP contribution < -0.4 is 21.3 Å². The number of nitrogens with one attached hydrogen (secondary N) is 4. The summed E-state index contributed by atoms with van der Waals surface area (Å²) in [6, 6.07) is -2.49. The largest absolute Gasteiger partial charge is 0.353 e. The second-order valence-corrected chi connectivity index (χ2v) is 18.6. The smallest absolute Gasteiger partial charge is 0.272 e. The molecule has 2 heterocycles. The molecule has 1 aromatic rings. The molecule has 12 nitrogen and oxygen atoms in total. The summed E-state index contributed by atoms with van der Waals surface area (Å²) in [5, 5.41) is 12.2. The summed E-state index contributed by atoms with van der Waals surface area (Å²) in [4.78, 5) is 78.5. The van der Waals surface area contributed by atoms with Crippen LogP contribution in [-0.4, -0.2) is 81.2 Å². The third kappa shape index (κ3) is 12.8. The zero-order chi connectivity index (χ0) is 38.9. The first kappa shape index (κ1) is 42.2. The van der Waals surface area contributed by atoms with Gasteiger partial charge in [-0.15, -0.1) is 0 Å². The minimum Gasteiger partial charge on any atom is -0.353 e. The van der Waals surface area contributed by atoms with E-state index in [1.165, 1.54) is 18.6 Å². The summed E-state index contributed by atoms with van der Waals surface area (Å²) < 4.78 is 0. The maximum atomic E-state index is 14.6. The Morgan fingerprint density at radius 3 is 2.11 bits per heavy atom. The van der Waals surface area contributed by atoms with Crippen LogP contribution in [0, 0.1) is 28.6 Å². The molecule has 1 unspecified atom stereocenters. The molecule has 4 fully saturated rings. The minimum atomic E-state index is -0.922. The lowest BCUT2D eigenvalue weighted by molar-refractivity contribution is -0.145. The number of hydrogen-bond donors (Lipinski definition) is 4. The van der Waals surface area contributed by atoms with Gasteiger partial charge >= 0.3 is 0 Å². The fourth-order valence-corrected chi connectivity index (χ4v) is 8.01. The second kappa shape index (κ2) is 18.7. The Morgan fingerprint density at radius 1 is 0.849 bits per heavy atom. The zero-order valence-corrected chi connectivity index (χ0v) is 33.6. The molecule has 0 aromatic carbocycles. The van der Waals surface area contributed by atoms with Crippen molar-refractivity contribution in [1.29, 1.82) is 0 Å². The first-order valence-corrected chi connectivity index (χ1v) is 20.2. The molecule has 5 rings (SSSR count). The van der Waals surface area contributed by atoms with E-state index >= 15 is 0 Å². The van der Waals surface area contributed by atoms with Crippen molar-refractivity contribution in [3.05, 3.63) is 24.3 Å². The molecular formula is C41H67N7O5. The van der Waals surface area contributed by atoms with Crippen LogP contribution in [0.15, 0.2) is 18.6 Å². The lowest BCUT2D eigenvalue weighted by Crippen LogP contribution is -2.62. The lowest BCUT2D eigenvalue weighted by atomic mass is 9.82. The fourth-order valence-electron chi connectivity index (χ4n) is 8.01. The Bertz CT molecular complexity index is 1390. The highest BCUT2D eigenvalue weighted by atomic mass is 16.2. The van der Waals surface area contributed by atoms with Crippen molar-refractivity contribution < 1.29 is 24.0 Å². The van der Waals surface area contributed by atoms with Gasteiger partial charge in [0.1, 0.15) is 23.8 Å². The Kier molecular flexibility index (Phi) is 14.8. The van der Waals surface area contributed by atoms with E-state index in [1.807, 2.05) is 27.7 Å². The van der Waals surface area contributed by atoms with Crippen LogP contribution in [0.1, 0.15) is 149 Å². The number of carbonyl (C=O) groups excluding carboxylic acids is 5. The standard InChI is InChI=1S/C36H55N7O5.C5H12/c1-5-10-25(19-28(44)39-24-15-16-24)40-34(47)30-26-14-9-13-23(26)21-43(30)35(48)31(36(2,3)4)42-33(46)29(22-11-7-6-8-12-22)41-32(45)27-20-37-17-18-38-27;1-5(2,3)4/h17-18,20,22-26,29-31H,5-16,19,21H2,1-4H3,(H,39,44)(H,40,47)(H,41,45)(H,42,46);1-4H3/t23-,25?,26-,29-,30-,31+;/m0./s1. The topological polar surface area (TPSA) is 162 Å². The van der Waals surface area contributed by atoms with Crippen molar-refractivity contribution in [2.24, 2.45) is 28.6 Å². The summed E-state index contributed by atoms with van der Waals surface area (Å²) >= 11 is 0. The van der Waals surface area contributed by atoms with Crippen molar-refractivity contribution >= 4 is 29.5 Å². The van der Waals surface area contributed by atoms with Gasteiger partial charge in [-0.1, -0.05) is 87.5 Å². The van der Waals surface area contributed by atoms with E-state index in [1.54, 1.807) is 4.90 Å². The average molecular weight is 738 g/mol. The van der Waals surface area contributed by atoms with Crippen molar-refractivity contribution in [2.75, 3.05) is 6.54 Å². The van der Waals surface area contributed by atoms with E-state index in [2.05, 4.69) is 58.9 Å². The van der Waals surface area contributed by atoms with Crippen molar-refractivity contribution in [1.82, 2.24) is 36.1 Å². The Hall–Kier alpha value is -3.57. The van der Waals surface area contributed by atoms with E-state index in [0.29, 0.717) is 18.4 Å². The van der Waals surface area contributed by atoms with Crippen LogP contribution in [0.25, 0.3) is 0 Å². The summed E-state index contributed by atoms with van der Waals surface area (Å²) in [7, 11) is 0. The summed E-state index contributed by atoms with van der Waals surface area (Å²) in [6.45, 7) is 17.0. The molecule has 5 amide bonds. The highest BCUT2D eigenvalue weighted by Crippen LogP contribution is 2.43. The average Bonchev–Trinajstić information content (AvgIpc) is 3.64. The summed E-state index contributed by atoms with van der Waals surface area (Å²) in [5.74, 6) is -1.27. The van der Waals surface area contributed by atoms with Crippen LogP contribution in [0.2, 0.25) is 0 Å². The molecule has 296 valence electrons. The molecule has 4 aliphatic rings. The Labute approximate surface area is 317 Å². The summed E-state index contributed by atoms with van der Waals surface area (Å²) in [5.41, 5.74) is -0.0539. The third-order valence-electron chi connectivity index (χ3n) is 10.7. The first-order chi connectivity index (χ1) is 25.0. The van der Waals surface area contributed by atoms with Gasteiger partial charge in [-0.05, 0) is 73.5 Å². The normalized spacial score (nSPS) is 23.4. The van der Waals surface area contributed by atoms with E-state index in [4.69, 9.17) is 0 Å². The SMILES string of the molecule is CC(C)(C)C.CCCC(CC(=O)NC1CC1)NC(=O)[C@@H]1[C@H]2CCC[C@H]2CN1C(=O)[C@@H](NC(=O)[C@@H](NC(=O)c1cnccn1)C1CCCCC1)C(C)(C)C. The molecule has 3 saturated carbocycles. The number of aromatic nitrogens is 2. The van der Waals surface area contributed by atoms with Gasteiger partial charge in [0.15, 0.2) is 0 Å². The number of amides is 5. The van der Waals surface area contributed by atoms with Gasteiger partial charge in [0.2, 0.25) is 23.6 Å². The molecule has 12 heteroatoms. The number of fused-ring (bicyclic) bond motifs is 1. The van der Waals surface area contributed by atoms with E-state index < -0.39 is 35.4 Å². The molecular weight excluding hydrogens is 670 g/mol. The van der Waals surface area contributed by atoms with Gasteiger partial charge in [-0.25, -0.2) is 4.98 Å².